The van der Waals surface area contributed by atoms with Gasteiger partial charge in [0.05, 0.1) is 4.47 Å². The maximum absolute atomic E-state index is 9.40. The van der Waals surface area contributed by atoms with E-state index in [0.29, 0.717) is 10.8 Å². The number of benzene rings is 1. The van der Waals surface area contributed by atoms with Gasteiger partial charge in [0.1, 0.15) is 5.75 Å². The molecule has 0 atom stereocenters. The molecule has 0 aliphatic heterocycles. The second kappa shape index (κ2) is 3.86. The SMILES string of the molecule is CC(C)(O)Oc1cc(Cl)ccc1Br. The molecule has 0 saturated carbocycles. The molecule has 0 aliphatic rings. The van der Waals surface area contributed by atoms with Gasteiger partial charge in [-0.2, -0.15) is 0 Å². The van der Waals surface area contributed by atoms with E-state index in [-0.39, 0.29) is 0 Å². The number of aliphatic hydroxyl groups is 1. The van der Waals surface area contributed by atoms with Crippen LogP contribution in [-0.4, -0.2) is 10.9 Å². The van der Waals surface area contributed by atoms with Gasteiger partial charge in [-0.3, -0.25) is 0 Å². The van der Waals surface area contributed by atoms with Crippen LogP contribution in [0.2, 0.25) is 5.02 Å². The first kappa shape index (κ1) is 10.8. The minimum atomic E-state index is -1.20. The Hall–Kier alpha value is -0.250. The lowest BCUT2D eigenvalue weighted by Gasteiger charge is -2.20. The zero-order valence-electron chi connectivity index (χ0n) is 7.34. The third-order valence-corrected chi connectivity index (χ3v) is 2.14. The minimum Gasteiger partial charge on any atom is -0.462 e. The van der Waals surface area contributed by atoms with Crippen molar-refractivity contribution in [3.05, 3.63) is 27.7 Å². The Balaban J connectivity index is 2.94. The lowest BCUT2D eigenvalue weighted by atomic mass is 10.3. The molecule has 2 nitrogen and oxygen atoms in total. The molecule has 0 unspecified atom stereocenters. The molecule has 0 heterocycles. The Labute approximate surface area is 90.6 Å². The zero-order chi connectivity index (χ0) is 10.1. The quantitative estimate of drug-likeness (QED) is 0.832. The fourth-order valence-electron chi connectivity index (χ4n) is 0.825. The van der Waals surface area contributed by atoms with E-state index in [2.05, 4.69) is 15.9 Å². The van der Waals surface area contributed by atoms with Crippen LogP contribution < -0.4 is 4.74 Å². The topological polar surface area (TPSA) is 29.5 Å². The molecule has 0 radical (unpaired) electrons. The molecule has 0 spiro atoms. The first-order valence-corrected chi connectivity index (χ1v) is 4.92. The monoisotopic (exact) mass is 264 g/mol. The van der Waals surface area contributed by atoms with Crippen molar-refractivity contribution in [1.82, 2.24) is 0 Å². The maximum Gasteiger partial charge on any atom is 0.202 e. The summed E-state index contributed by atoms with van der Waals surface area (Å²) in [5.74, 6) is -0.673. The highest BCUT2D eigenvalue weighted by molar-refractivity contribution is 9.10. The van der Waals surface area contributed by atoms with Gasteiger partial charge in [0, 0.05) is 24.9 Å². The van der Waals surface area contributed by atoms with Gasteiger partial charge < -0.3 is 9.84 Å². The summed E-state index contributed by atoms with van der Waals surface area (Å²) >= 11 is 9.05. The summed E-state index contributed by atoms with van der Waals surface area (Å²) in [5.41, 5.74) is 0. The van der Waals surface area contributed by atoms with Gasteiger partial charge in [0.15, 0.2) is 0 Å². The number of hydrogen-bond donors (Lipinski definition) is 1. The van der Waals surface area contributed by atoms with Gasteiger partial charge in [0.25, 0.3) is 0 Å². The van der Waals surface area contributed by atoms with Crippen LogP contribution in [0.1, 0.15) is 13.8 Å². The number of halogens is 2. The summed E-state index contributed by atoms with van der Waals surface area (Å²) < 4.78 is 6.00. The van der Waals surface area contributed by atoms with Crippen molar-refractivity contribution in [1.29, 1.82) is 0 Å². The van der Waals surface area contributed by atoms with Gasteiger partial charge >= 0.3 is 0 Å². The minimum absolute atomic E-state index is 0.528. The van der Waals surface area contributed by atoms with E-state index in [9.17, 15) is 5.11 Å². The molecule has 0 amide bonds. The van der Waals surface area contributed by atoms with Crippen LogP contribution in [0.3, 0.4) is 0 Å². The van der Waals surface area contributed by atoms with Crippen molar-refractivity contribution in [2.75, 3.05) is 0 Å². The summed E-state index contributed by atoms with van der Waals surface area (Å²) in [4.78, 5) is 0. The van der Waals surface area contributed by atoms with Crippen LogP contribution in [-0.2, 0) is 0 Å². The van der Waals surface area contributed by atoms with Crippen LogP contribution >= 0.6 is 27.5 Å². The van der Waals surface area contributed by atoms with Gasteiger partial charge in [-0.05, 0) is 28.1 Å². The Morgan fingerprint density at radius 2 is 2.08 bits per heavy atom. The molecule has 0 saturated heterocycles. The van der Waals surface area contributed by atoms with E-state index in [1.54, 1.807) is 32.0 Å². The smallest absolute Gasteiger partial charge is 0.202 e. The van der Waals surface area contributed by atoms with E-state index < -0.39 is 5.79 Å². The molecule has 1 aromatic carbocycles. The van der Waals surface area contributed by atoms with Crippen molar-refractivity contribution in [3.63, 3.8) is 0 Å². The van der Waals surface area contributed by atoms with E-state index in [1.807, 2.05) is 0 Å². The summed E-state index contributed by atoms with van der Waals surface area (Å²) in [7, 11) is 0. The first-order chi connectivity index (χ1) is 5.88. The Morgan fingerprint density at radius 3 is 2.62 bits per heavy atom. The van der Waals surface area contributed by atoms with E-state index in [0.717, 1.165) is 4.47 Å². The molecule has 1 N–H and O–H groups in total. The molecular formula is C9H10BrClO2. The number of ether oxygens (including phenoxy) is 1. The second-order valence-corrected chi connectivity index (χ2v) is 4.41. The predicted octanol–water partition coefficient (Wildman–Crippen LogP) is 3.21. The largest absolute Gasteiger partial charge is 0.462 e. The van der Waals surface area contributed by atoms with Crippen molar-refractivity contribution in [3.8, 4) is 5.75 Å². The van der Waals surface area contributed by atoms with Gasteiger partial charge in [-0.25, -0.2) is 0 Å². The first-order valence-electron chi connectivity index (χ1n) is 3.75. The molecular weight excluding hydrogens is 255 g/mol. The highest BCUT2D eigenvalue weighted by atomic mass is 79.9. The van der Waals surface area contributed by atoms with E-state index >= 15 is 0 Å². The fraction of sp³-hybridized carbons (Fsp3) is 0.333. The molecule has 0 fully saturated rings. The number of rotatable bonds is 2. The molecule has 0 aromatic heterocycles. The maximum atomic E-state index is 9.40. The molecule has 0 aliphatic carbocycles. The summed E-state index contributed by atoms with van der Waals surface area (Å²) in [6, 6.07) is 5.15. The van der Waals surface area contributed by atoms with Crippen LogP contribution in [0.25, 0.3) is 0 Å². The van der Waals surface area contributed by atoms with Gasteiger partial charge in [-0.15, -0.1) is 0 Å². The average Bonchev–Trinajstić information content (AvgIpc) is 1.94. The zero-order valence-corrected chi connectivity index (χ0v) is 9.69. The molecule has 0 bridgehead atoms. The van der Waals surface area contributed by atoms with Crippen molar-refractivity contribution >= 4 is 27.5 Å². The Bertz CT molecular complexity index is 307. The highest BCUT2D eigenvalue weighted by Gasteiger charge is 2.15. The van der Waals surface area contributed by atoms with E-state index in [4.69, 9.17) is 16.3 Å². The second-order valence-electron chi connectivity index (χ2n) is 3.12. The molecule has 1 aromatic rings. The lowest BCUT2D eigenvalue weighted by Crippen LogP contribution is -2.27. The molecule has 1 rings (SSSR count). The van der Waals surface area contributed by atoms with Gasteiger partial charge in [0.2, 0.25) is 5.79 Å². The summed E-state index contributed by atoms with van der Waals surface area (Å²) in [6.07, 6.45) is 0. The molecule has 4 heteroatoms. The van der Waals surface area contributed by atoms with E-state index in [1.165, 1.54) is 0 Å². The summed E-state index contributed by atoms with van der Waals surface area (Å²) in [6.45, 7) is 3.11. The van der Waals surface area contributed by atoms with Crippen LogP contribution in [0.5, 0.6) is 5.75 Å². The predicted molar refractivity (Wildman–Crippen MR) is 56.1 cm³/mol. The lowest BCUT2D eigenvalue weighted by molar-refractivity contribution is -0.105. The fourth-order valence-corrected chi connectivity index (χ4v) is 1.31. The Kier molecular flexibility index (Phi) is 3.22. The van der Waals surface area contributed by atoms with Crippen molar-refractivity contribution < 1.29 is 9.84 Å². The third-order valence-electron chi connectivity index (χ3n) is 1.25. The molecule has 72 valence electrons. The average molecular weight is 266 g/mol. The summed E-state index contributed by atoms with van der Waals surface area (Å²) in [5, 5.41) is 9.97. The van der Waals surface area contributed by atoms with Crippen molar-refractivity contribution in [2.24, 2.45) is 0 Å². The standard InChI is InChI=1S/C9H10BrClO2/c1-9(2,12)13-8-5-6(11)3-4-7(8)10/h3-5,12H,1-2H3. The van der Waals surface area contributed by atoms with Gasteiger partial charge in [-0.1, -0.05) is 11.6 Å². The van der Waals surface area contributed by atoms with Crippen LogP contribution in [0, 0.1) is 0 Å². The van der Waals surface area contributed by atoms with Crippen LogP contribution in [0.4, 0.5) is 0 Å². The normalized spacial score (nSPS) is 11.5. The van der Waals surface area contributed by atoms with Crippen LogP contribution in [0.15, 0.2) is 22.7 Å². The van der Waals surface area contributed by atoms with Crippen molar-refractivity contribution in [2.45, 2.75) is 19.6 Å². The molecule has 13 heavy (non-hydrogen) atoms. The third kappa shape index (κ3) is 3.55. The highest BCUT2D eigenvalue weighted by Crippen LogP contribution is 2.30. The Morgan fingerprint density at radius 1 is 1.46 bits per heavy atom. The number of hydrogen-bond acceptors (Lipinski definition) is 2.